The second-order valence-corrected chi connectivity index (χ2v) is 3.37. The van der Waals surface area contributed by atoms with Crippen LogP contribution < -0.4 is 5.32 Å². The first-order chi connectivity index (χ1) is 6.42. The molecule has 0 fully saturated rings. The first-order valence-corrected chi connectivity index (χ1v) is 4.68. The standard InChI is InChI=1S/C11H13NO/c13-8-11-10-6-2-1-4-9(10)5-3-7-12-11/h1-2,4,6,8,11-12H,3,5,7H2. The van der Waals surface area contributed by atoms with Crippen LogP contribution in [0.5, 0.6) is 0 Å². The maximum atomic E-state index is 10.8. The topological polar surface area (TPSA) is 29.1 Å². The van der Waals surface area contributed by atoms with Gasteiger partial charge in [0.2, 0.25) is 0 Å². The maximum Gasteiger partial charge on any atom is 0.141 e. The number of carbonyl (C=O) groups is 1. The van der Waals surface area contributed by atoms with Crippen LogP contribution in [0, 0.1) is 0 Å². The number of hydrogen-bond acceptors (Lipinski definition) is 2. The Morgan fingerprint density at radius 2 is 2.23 bits per heavy atom. The van der Waals surface area contributed by atoms with E-state index in [-0.39, 0.29) is 6.04 Å². The highest BCUT2D eigenvalue weighted by atomic mass is 16.1. The van der Waals surface area contributed by atoms with Gasteiger partial charge in [-0.25, -0.2) is 0 Å². The van der Waals surface area contributed by atoms with Crippen molar-refractivity contribution in [3.05, 3.63) is 35.4 Å². The molecule has 0 spiro atoms. The SMILES string of the molecule is O=CC1NCCCc2ccccc21. The fourth-order valence-electron chi connectivity index (χ4n) is 1.83. The van der Waals surface area contributed by atoms with Gasteiger partial charge in [0.1, 0.15) is 6.29 Å². The number of aldehydes is 1. The third kappa shape index (κ3) is 1.63. The summed E-state index contributed by atoms with van der Waals surface area (Å²) >= 11 is 0. The zero-order chi connectivity index (χ0) is 9.10. The molecule has 1 unspecified atom stereocenters. The van der Waals surface area contributed by atoms with E-state index in [1.54, 1.807) is 0 Å². The van der Waals surface area contributed by atoms with Gasteiger partial charge in [-0.3, -0.25) is 0 Å². The van der Waals surface area contributed by atoms with Crippen molar-refractivity contribution in [3.8, 4) is 0 Å². The summed E-state index contributed by atoms with van der Waals surface area (Å²) in [6.07, 6.45) is 3.18. The monoisotopic (exact) mass is 175 g/mol. The molecule has 0 radical (unpaired) electrons. The van der Waals surface area contributed by atoms with Crippen LogP contribution in [0.2, 0.25) is 0 Å². The molecular formula is C11H13NO. The molecule has 0 bridgehead atoms. The molecule has 0 aliphatic carbocycles. The van der Waals surface area contributed by atoms with Crippen LogP contribution in [0.3, 0.4) is 0 Å². The molecule has 1 aliphatic heterocycles. The molecule has 0 aromatic heterocycles. The summed E-state index contributed by atoms with van der Waals surface area (Å²) in [4.78, 5) is 10.8. The molecule has 68 valence electrons. The van der Waals surface area contributed by atoms with E-state index in [0.29, 0.717) is 0 Å². The minimum absolute atomic E-state index is 0.0984. The Kier molecular flexibility index (Phi) is 2.41. The van der Waals surface area contributed by atoms with Crippen molar-refractivity contribution < 1.29 is 4.79 Å². The summed E-state index contributed by atoms with van der Waals surface area (Å²) in [6.45, 7) is 0.929. The smallest absolute Gasteiger partial charge is 0.141 e. The highest BCUT2D eigenvalue weighted by Gasteiger charge is 2.15. The predicted molar refractivity (Wildman–Crippen MR) is 51.6 cm³/mol. The van der Waals surface area contributed by atoms with Crippen molar-refractivity contribution in [2.45, 2.75) is 18.9 Å². The summed E-state index contributed by atoms with van der Waals surface area (Å²) in [5, 5.41) is 3.22. The first kappa shape index (κ1) is 8.45. The largest absolute Gasteiger partial charge is 0.304 e. The molecule has 13 heavy (non-hydrogen) atoms. The second-order valence-electron chi connectivity index (χ2n) is 3.37. The van der Waals surface area contributed by atoms with E-state index in [2.05, 4.69) is 11.4 Å². The molecule has 1 aliphatic rings. The summed E-state index contributed by atoms with van der Waals surface area (Å²) < 4.78 is 0. The molecule has 1 atom stereocenters. The number of hydrogen-bond donors (Lipinski definition) is 1. The van der Waals surface area contributed by atoms with Crippen molar-refractivity contribution >= 4 is 6.29 Å². The Bertz CT molecular complexity index is 309. The lowest BCUT2D eigenvalue weighted by Gasteiger charge is -2.11. The molecule has 1 aromatic rings. The van der Waals surface area contributed by atoms with Gasteiger partial charge in [-0.2, -0.15) is 0 Å². The molecular weight excluding hydrogens is 162 g/mol. The van der Waals surface area contributed by atoms with Crippen LogP contribution in [-0.4, -0.2) is 12.8 Å². The fraction of sp³-hybridized carbons (Fsp3) is 0.364. The molecule has 1 aromatic carbocycles. The van der Waals surface area contributed by atoms with Crippen LogP contribution in [0.25, 0.3) is 0 Å². The van der Waals surface area contributed by atoms with E-state index < -0.39 is 0 Å². The molecule has 1 N–H and O–H groups in total. The van der Waals surface area contributed by atoms with Crippen LogP contribution in [0.1, 0.15) is 23.6 Å². The van der Waals surface area contributed by atoms with Crippen molar-refractivity contribution in [1.82, 2.24) is 5.32 Å². The highest BCUT2D eigenvalue weighted by molar-refractivity contribution is 5.62. The number of fused-ring (bicyclic) bond motifs is 1. The third-order valence-electron chi connectivity index (χ3n) is 2.51. The molecule has 2 nitrogen and oxygen atoms in total. The Morgan fingerprint density at radius 3 is 3.08 bits per heavy atom. The van der Waals surface area contributed by atoms with Crippen LogP contribution >= 0.6 is 0 Å². The Morgan fingerprint density at radius 1 is 1.38 bits per heavy atom. The summed E-state index contributed by atoms with van der Waals surface area (Å²) in [6, 6.07) is 8.07. The fourth-order valence-corrected chi connectivity index (χ4v) is 1.83. The van der Waals surface area contributed by atoms with Crippen molar-refractivity contribution in [2.24, 2.45) is 0 Å². The number of carbonyl (C=O) groups excluding carboxylic acids is 1. The molecule has 2 rings (SSSR count). The highest BCUT2D eigenvalue weighted by Crippen LogP contribution is 2.20. The van der Waals surface area contributed by atoms with Gasteiger partial charge < -0.3 is 10.1 Å². The molecule has 2 heteroatoms. The van der Waals surface area contributed by atoms with E-state index in [0.717, 1.165) is 31.2 Å². The second kappa shape index (κ2) is 3.71. The van der Waals surface area contributed by atoms with E-state index in [9.17, 15) is 4.79 Å². The van der Waals surface area contributed by atoms with Crippen LogP contribution in [0.15, 0.2) is 24.3 Å². The average Bonchev–Trinajstić information content (AvgIpc) is 2.39. The van der Waals surface area contributed by atoms with Crippen LogP contribution in [0.4, 0.5) is 0 Å². The van der Waals surface area contributed by atoms with Crippen molar-refractivity contribution in [1.29, 1.82) is 0 Å². The summed E-state index contributed by atoms with van der Waals surface area (Å²) in [5.74, 6) is 0. The number of benzene rings is 1. The van der Waals surface area contributed by atoms with Crippen molar-refractivity contribution in [3.63, 3.8) is 0 Å². The minimum Gasteiger partial charge on any atom is -0.304 e. The normalized spacial score (nSPS) is 21.7. The van der Waals surface area contributed by atoms with Gasteiger partial charge in [0.05, 0.1) is 6.04 Å². The zero-order valence-electron chi connectivity index (χ0n) is 7.49. The molecule has 1 heterocycles. The van der Waals surface area contributed by atoms with Gasteiger partial charge in [0.25, 0.3) is 0 Å². The van der Waals surface area contributed by atoms with E-state index in [4.69, 9.17) is 0 Å². The minimum atomic E-state index is -0.0984. The zero-order valence-corrected chi connectivity index (χ0v) is 7.49. The quantitative estimate of drug-likeness (QED) is 0.655. The molecule has 0 saturated heterocycles. The van der Waals surface area contributed by atoms with Crippen molar-refractivity contribution in [2.75, 3.05) is 6.54 Å². The van der Waals surface area contributed by atoms with Crippen LogP contribution in [-0.2, 0) is 11.2 Å². The lowest BCUT2D eigenvalue weighted by molar-refractivity contribution is -0.109. The Labute approximate surface area is 78.0 Å². The molecule has 0 saturated carbocycles. The number of nitrogens with one attached hydrogen (secondary N) is 1. The maximum absolute atomic E-state index is 10.8. The summed E-state index contributed by atoms with van der Waals surface area (Å²) in [5.41, 5.74) is 2.46. The van der Waals surface area contributed by atoms with Gasteiger partial charge in [0, 0.05) is 0 Å². The van der Waals surface area contributed by atoms with Gasteiger partial charge in [-0.15, -0.1) is 0 Å². The Balaban J connectivity index is 2.41. The van der Waals surface area contributed by atoms with E-state index >= 15 is 0 Å². The lowest BCUT2D eigenvalue weighted by atomic mass is 10.00. The average molecular weight is 175 g/mol. The van der Waals surface area contributed by atoms with Gasteiger partial charge in [0.15, 0.2) is 0 Å². The first-order valence-electron chi connectivity index (χ1n) is 4.68. The number of aryl methyl sites for hydroxylation is 1. The van der Waals surface area contributed by atoms with E-state index in [1.807, 2.05) is 18.2 Å². The van der Waals surface area contributed by atoms with Gasteiger partial charge in [-0.05, 0) is 30.5 Å². The lowest BCUT2D eigenvalue weighted by Crippen LogP contribution is -2.21. The molecule has 0 amide bonds. The summed E-state index contributed by atoms with van der Waals surface area (Å²) in [7, 11) is 0. The Hall–Kier alpha value is -1.15. The van der Waals surface area contributed by atoms with Gasteiger partial charge >= 0.3 is 0 Å². The van der Waals surface area contributed by atoms with E-state index in [1.165, 1.54) is 5.56 Å². The predicted octanol–water partition coefficient (Wildman–Crippen LogP) is 1.46. The number of rotatable bonds is 1. The van der Waals surface area contributed by atoms with Gasteiger partial charge in [-0.1, -0.05) is 24.3 Å². The third-order valence-corrected chi connectivity index (χ3v) is 2.51.